The van der Waals surface area contributed by atoms with Crippen LogP contribution < -0.4 is 11.5 Å². The Morgan fingerprint density at radius 3 is 1.94 bits per heavy atom. The van der Waals surface area contributed by atoms with Gasteiger partial charge in [-0.25, -0.2) is 0 Å². The van der Waals surface area contributed by atoms with Crippen molar-refractivity contribution < 1.29 is 36.4 Å². The van der Waals surface area contributed by atoms with Gasteiger partial charge in [-0.2, -0.15) is 0 Å². The molecule has 13 heteroatoms. The molecule has 0 fully saturated rings. The molecule has 0 rings (SSSR count). The lowest BCUT2D eigenvalue weighted by Gasteiger charge is -2.12. The molecule has 0 radical (unpaired) electrons. The summed E-state index contributed by atoms with van der Waals surface area (Å²) in [7, 11) is -1.80. The molecule has 0 heterocycles. The summed E-state index contributed by atoms with van der Waals surface area (Å²) in [5, 5.41) is -0.654. The Bertz CT molecular complexity index is 607. The highest BCUT2D eigenvalue weighted by atomic mass is 32.2. The summed E-state index contributed by atoms with van der Waals surface area (Å²) < 4.78 is 49.6. The zero-order valence-corrected chi connectivity index (χ0v) is 22.2. The molecule has 6 atom stereocenters. The molecule has 0 spiro atoms. The average molecular weight is 521 g/mol. The van der Waals surface area contributed by atoms with Crippen LogP contribution in [-0.4, -0.2) is 92.2 Å². The fourth-order valence-corrected chi connectivity index (χ4v) is 5.36. The van der Waals surface area contributed by atoms with E-state index in [1.807, 2.05) is 6.92 Å². The number of methoxy groups -OCH3 is 1. The second-order valence-electron chi connectivity index (χ2n) is 6.81. The molecule has 10 nitrogen and oxygen atoms in total. The van der Waals surface area contributed by atoms with Gasteiger partial charge in [-0.3, -0.25) is 22.2 Å². The van der Waals surface area contributed by atoms with Crippen LogP contribution in [0.2, 0.25) is 0 Å². The Morgan fingerprint density at radius 2 is 1.50 bits per heavy atom. The molecular formula is C19H40N2O8S3. The van der Waals surface area contributed by atoms with Gasteiger partial charge in [0, 0.05) is 68.9 Å². The minimum absolute atomic E-state index is 0.134. The highest BCUT2D eigenvalue weighted by molar-refractivity contribution is 7.86. The third kappa shape index (κ3) is 17.8. The first-order chi connectivity index (χ1) is 15.0. The van der Waals surface area contributed by atoms with Gasteiger partial charge < -0.3 is 25.7 Å². The predicted octanol–water partition coefficient (Wildman–Crippen LogP) is -0.350. The molecule has 0 aliphatic rings. The van der Waals surface area contributed by atoms with Gasteiger partial charge in [0.05, 0.1) is 26.4 Å². The summed E-state index contributed by atoms with van der Waals surface area (Å²) in [5.41, 5.74) is 10.1. The van der Waals surface area contributed by atoms with E-state index in [0.717, 1.165) is 6.42 Å². The molecule has 192 valence electrons. The number of hydrogen-bond donors (Lipinski definition) is 2. The van der Waals surface area contributed by atoms with E-state index >= 15 is 0 Å². The van der Waals surface area contributed by atoms with Crippen molar-refractivity contribution in [2.45, 2.75) is 44.3 Å². The number of nitrogens with two attached hydrogens (primary N) is 2. The minimum Gasteiger partial charge on any atom is -0.382 e. The molecule has 0 aliphatic heterocycles. The van der Waals surface area contributed by atoms with Crippen molar-refractivity contribution in [1.82, 2.24) is 0 Å². The zero-order chi connectivity index (χ0) is 25.1. The summed E-state index contributed by atoms with van der Waals surface area (Å²) in [4.78, 5) is 21.8. The lowest BCUT2D eigenvalue weighted by Crippen LogP contribution is -2.34. The first-order valence-electron chi connectivity index (χ1n) is 10.3. The molecular weight excluding hydrogens is 480 g/mol. The first kappa shape index (κ1) is 33.4. The highest BCUT2D eigenvalue weighted by Crippen LogP contribution is 2.03. The number of hydrogen-bond acceptors (Lipinski definition) is 8. The van der Waals surface area contributed by atoms with Gasteiger partial charge in [-0.15, -0.1) is 0 Å². The van der Waals surface area contributed by atoms with E-state index in [2.05, 4.69) is 0 Å². The lowest BCUT2D eigenvalue weighted by molar-refractivity contribution is -0.120. The normalized spacial score (nSPS) is 16.7. The average Bonchev–Trinajstić information content (AvgIpc) is 2.71. The van der Waals surface area contributed by atoms with Crippen LogP contribution in [-0.2, 0) is 56.2 Å². The van der Waals surface area contributed by atoms with Gasteiger partial charge in [0.15, 0.2) is 0 Å². The fraction of sp³-hybridized carbons (Fsp3) is 0.895. The van der Waals surface area contributed by atoms with Gasteiger partial charge in [-0.1, -0.05) is 20.8 Å². The van der Waals surface area contributed by atoms with E-state index in [1.54, 1.807) is 27.2 Å². The van der Waals surface area contributed by atoms with E-state index in [4.69, 9.17) is 25.7 Å². The molecule has 4 N–H and O–H groups in total. The second kappa shape index (κ2) is 20.8. The van der Waals surface area contributed by atoms with Crippen LogP contribution in [0.3, 0.4) is 0 Å². The number of amides is 2. The molecule has 0 aromatic heterocycles. The second-order valence-corrected chi connectivity index (χ2v) is 11.7. The third-order valence-corrected chi connectivity index (χ3v) is 8.58. The maximum atomic E-state index is 11.8. The van der Waals surface area contributed by atoms with Gasteiger partial charge in [0.1, 0.15) is 10.7 Å². The third-order valence-electron chi connectivity index (χ3n) is 4.11. The van der Waals surface area contributed by atoms with Crippen molar-refractivity contribution in [3.8, 4) is 0 Å². The van der Waals surface area contributed by atoms with E-state index in [9.17, 15) is 22.2 Å². The van der Waals surface area contributed by atoms with Crippen LogP contribution in [0.25, 0.3) is 0 Å². The molecule has 0 saturated carbocycles. The molecule has 2 amide bonds. The molecule has 6 unspecified atom stereocenters. The van der Waals surface area contributed by atoms with Crippen LogP contribution in [0.5, 0.6) is 0 Å². The number of rotatable bonds is 18. The van der Waals surface area contributed by atoms with Crippen LogP contribution in [0.15, 0.2) is 0 Å². The summed E-state index contributed by atoms with van der Waals surface area (Å²) in [6.07, 6.45) is 2.87. The monoisotopic (exact) mass is 520 g/mol. The molecule has 0 aromatic rings. The van der Waals surface area contributed by atoms with Crippen molar-refractivity contribution in [2.75, 3.05) is 57.1 Å². The van der Waals surface area contributed by atoms with E-state index in [1.165, 1.54) is 0 Å². The van der Waals surface area contributed by atoms with Crippen molar-refractivity contribution >= 4 is 44.2 Å². The highest BCUT2D eigenvalue weighted by Gasteiger charge is 2.20. The molecule has 0 aromatic carbocycles. The maximum absolute atomic E-state index is 11.8. The SMILES string of the molecule is CCC(C(N)=O)S(=O)CCOCCS(=O)CC(C)C(N)=O.CCC(OCCOC)S(C)=O. The minimum atomic E-state index is -1.35. The predicted molar refractivity (Wildman–Crippen MR) is 129 cm³/mol. The molecule has 0 bridgehead atoms. The summed E-state index contributed by atoms with van der Waals surface area (Å²) in [6, 6.07) is 0. The van der Waals surface area contributed by atoms with Crippen molar-refractivity contribution in [3.05, 3.63) is 0 Å². The number of carbonyl (C=O) groups is 2. The summed E-state index contributed by atoms with van der Waals surface area (Å²) >= 11 is 0. The van der Waals surface area contributed by atoms with Gasteiger partial charge in [0.2, 0.25) is 11.8 Å². The van der Waals surface area contributed by atoms with Crippen LogP contribution in [0.1, 0.15) is 33.6 Å². The molecule has 32 heavy (non-hydrogen) atoms. The van der Waals surface area contributed by atoms with Gasteiger partial charge in [0.25, 0.3) is 0 Å². The largest absolute Gasteiger partial charge is 0.382 e. The Balaban J connectivity index is 0. The first-order valence-corrected chi connectivity index (χ1v) is 14.8. The fourth-order valence-electron chi connectivity index (χ4n) is 2.21. The van der Waals surface area contributed by atoms with E-state index in [-0.39, 0.29) is 35.9 Å². The number of primary amides is 2. The number of ether oxygens (including phenoxy) is 3. The van der Waals surface area contributed by atoms with Crippen LogP contribution in [0.4, 0.5) is 0 Å². The Hall–Kier alpha value is -0.730. The quantitative estimate of drug-likeness (QED) is 0.231. The number of carbonyl (C=O) groups excluding carboxylic acids is 2. The Kier molecular flexibility index (Phi) is 21.8. The van der Waals surface area contributed by atoms with Crippen LogP contribution >= 0.6 is 0 Å². The Morgan fingerprint density at radius 1 is 0.906 bits per heavy atom. The van der Waals surface area contributed by atoms with Crippen LogP contribution in [0, 0.1) is 5.92 Å². The summed E-state index contributed by atoms with van der Waals surface area (Å²) in [6.45, 7) is 6.86. The van der Waals surface area contributed by atoms with E-state index in [0.29, 0.717) is 19.6 Å². The van der Waals surface area contributed by atoms with Gasteiger partial charge in [-0.05, 0) is 12.8 Å². The van der Waals surface area contributed by atoms with Crippen molar-refractivity contribution in [2.24, 2.45) is 17.4 Å². The van der Waals surface area contributed by atoms with E-state index < -0.39 is 55.4 Å². The standard InChI is InChI=1S/C12H24N2O5S2.C7H16O3S/c1-3-10(12(14)16)21(18)7-5-19-4-6-20(17)8-9(2)11(13)15;1-4-7(11(3)8)10-6-5-9-2/h9-10H,3-8H2,1-2H3,(H2,13,15)(H2,14,16);7H,4-6H2,1-3H3. The van der Waals surface area contributed by atoms with Crippen molar-refractivity contribution in [3.63, 3.8) is 0 Å². The summed E-state index contributed by atoms with van der Waals surface area (Å²) in [5.74, 6) is -0.763. The van der Waals surface area contributed by atoms with Gasteiger partial charge >= 0.3 is 0 Å². The lowest BCUT2D eigenvalue weighted by atomic mass is 10.2. The molecule has 0 saturated heterocycles. The molecule has 0 aliphatic carbocycles. The smallest absolute Gasteiger partial charge is 0.233 e. The zero-order valence-electron chi connectivity index (χ0n) is 19.7. The maximum Gasteiger partial charge on any atom is 0.233 e. The topological polar surface area (TPSA) is 165 Å². The van der Waals surface area contributed by atoms with Crippen molar-refractivity contribution in [1.29, 1.82) is 0 Å². The Labute approximate surface area is 199 Å².